The van der Waals surface area contributed by atoms with E-state index >= 15 is 0 Å². The van der Waals surface area contributed by atoms with E-state index in [0.717, 1.165) is 11.1 Å². The highest BCUT2D eigenvalue weighted by Crippen LogP contribution is 2.22. The van der Waals surface area contributed by atoms with Crippen molar-refractivity contribution in [2.45, 2.75) is 5.75 Å². The lowest BCUT2D eigenvalue weighted by molar-refractivity contribution is 0.628. The molecule has 1 nitrogen and oxygen atoms in total. The second-order valence-corrected chi connectivity index (χ2v) is 6.28. The second-order valence-electron chi connectivity index (χ2n) is 4.12. The minimum absolute atomic E-state index is 0.295. The summed E-state index contributed by atoms with van der Waals surface area (Å²) in [5.41, 5.74) is 1.57. The molecule has 2 aromatic rings. The summed E-state index contributed by atoms with van der Waals surface area (Å²) < 4.78 is 24.7. The molecule has 0 heterocycles. The van der Waals surface area contributed by atoms with Crippen molar-refractivity contribution in [3.63, 3.8) is 0 Å². The maximum Gasteiger partial charge on any atom is 0.123 e. The predicted octanol–water partition coefficient (Wildman–Crippen LogP) is 5.05. The van der Waals surface area contributed by atoms with Crippen molar-refractivity contribution >= 4 is 40.1 Å². The molecule has 0 bridgehead atoms. The van der Waals surface area contributed by atoms with Crippen LogP contribution >= 0.6 is 23.2 Å². The number of rotatable bonds is 4. The summed E-state index contributed by atoms with van der Waals surface area (Å²) >= 11 is 11.8. The molecule has 0 spiro atoms. The maximum absolute atomic E-state index is 12.7. The van der Waals surface area contributed by atoms with Crippen LogP contribution in [0, 0.1) is 5.82 Å². The predicted molar refractivity (Wildman–Crippen MR) is 83.7 cm³/mol. The first-order valence-electron chi connectivity index (χ1n) is 5.79. The van der Waals surface area contributed by atoms with Gasteiger partial charge in [-0.25, -0.2) is 4.39 Å². The number of hydrogen-bond acceptors (Lipinski definition) is 1. The molecule has 2 rings (SSSR count). The van der Waals surface area contributed by atoms with Crippen molar-refractivity contribution in [1.29, 1.82) is 0 Å². The first kappa shape index (κ1) is 15.2. The smallest absolute Gasteiger partial charge is 0.123 e. The third kappa shape index (κ3) is 4.44. The molecule has 0 aliphatic carbocycles. The number of hydrogen-bond donors (Lipinski definition) is 0. The van der Waals surface area contributed by atoms with Gasteiger partial charge in [-0.2, -0.15) is 0 Å². The van der Waals surface area contributed by atoms with Crippen LogP contribution in [-0.4, -0.2) is 4.21 Å². The van der Waals surface area contributed by atoms with E-state index in [4.69, 9.17) is 23.2 Å². The lowest BCUT2D eigenvalue weighted by Crippen LogP contribution is -1.92. The average Bonchev–Trinajstić information content (AvgIpc) is 2.41. The van der Waals surface area contributed by atoms with Gasteiger partial charge in [-0.05, 0) is 41.5 Å². The quantitative estimate of drug-likeness (QED) is 0.767. The molecule has 0 aliphatic rings. The Kier molecular flexibility index (Phi) is 5.35. The normalized spacial score (nSPS) is 12.8. The summed E-state index contributed by atoms with van der Waals surface area (Å²) in [7, 11) is -1.20. The molecule has 0 amide bonds. The zero-order valence-electron chi connectivity index (χ0n) is 10.4. The summed E-state index contributed by atoms with van der Waals surface area (Å²) in [6.07, 6.45) is 1.69. The van der Waals surface area contributed by atoms with Gasteiger partial charge < -0.3 is 0 Å². The molecule has 0 aromatic heterocycles. The molecular weight excluding hydrogens is 318 g/mol. The molecule has 104 valence electrons. The molecule has 2 aromatic carbocycles. The fraction of sp³-hybridized carbons (Fsp3) is 0.0667. The Hall–Kier alpha value is -1.16. The Morgan fingerprint density at radius 3 is 2.45 bits per heavy atom. The fourth-order valence-electron chi connectivity index (χ4n) is 1.57. The van der Waals surface area contributed by atoms with Gasteiger partial charge >= 0.3 is 0 Å². The van der Waals surface area contributed by atoms with Gasteiger partial charge in [0.05, 0.1) is 16.6 Å². The van der Waals surface area contributed by atoms with Gasteiger partial charge in [-0.15, -0.1) is 0 Å². The van der Waals surface area contributed by atoms with Gasteiger partial charge in [0.2, 0.25) is 0 Å². The highest BCUT2D eigenvalue weighted by Gasteiger charge is 2.04. The van der Waals surface area contributed by atoms with Gasteiger partial charge in [-0.1, -0.05) is 41.4 Å². The van der Waals surface area contributed by atoms with Crippen molar-refractivity contribution in [2.75, 3.05) is 0 Å². The van der Waals surface area contributed by atoms with Crippen LogP contribution in [0.4, 0.5) is 4.39 Å². The molecule has 0 fully saturated rings. The minimum Gasteiger partial charge on any atom is -0.255 e. The Balaban J connectivity index is 2.03. The van der Waals surface area contributed by atoms with Crippen LogP contribution in [0.2, 0.25) is 10.0 Å². The summed E-state index contributed by atoms with van der Waals surface area (Å²) in [5.74, 6) is 0.0180. The third-order valence-corrected chi connectivity index (χ3v) is 4.22. The van der Waals surface area contributed by atoms with Gasteiger partial charge in [0.1, 0.15) is 5.82 Å². The van der Waals surface area contributed by atoms with Crippen LogP contribution in [0.5, 0.6) is 0 Å². The van der Waals surface area contributed by atoms with E-state index in [1.807, 2.05) is 0 Å². The topological polar surface area (TPSA) is 17.1 Å². The lowest BCUT2D eigenvalue weighted by Gasteiger charge is -2.02. The Labute approximate surface area is 129 Å². The largest absolute Gasteiger partial charge is 0.255 e. The Bertz CT molecular complexity index is 653. The molecule has 0 radical (unpaired) electrons. The fourth-order valence-corrected chi connectivity index (χ4v) is 3.09. The van der Waals surface area contributed by atoms with Crippen LogP contribution in [-0.2, 0) is 16.6 Å². The second kappa shape index (κ2) is 7.02. The number of halogens is 3. The van der Waals surface area contributed by atoms with Crippen molar-refractivity contribution in [3.05, 3.63) is 74.9 Å². The monoisotopic (exact) mass is 328 g/mol. The van der Waals surface area contributed by atoms with E-state index in [-0.39, 0.29) is 5.82 Å². The van der Waals surface area contributed by atoms with Gasteiger partial charge in [0.25, 0.3) is 0 Å². The summed E-state index contributed by atoms with van der Waals surface area (Å²) in [6, 6.07) is 11.1. The molecule has 1 unspecified atom stereocenters. The van der Waals surface area contributed by atoms with Crippen molar-refractivity contribution in [3.8, 4) is 0 Å². The summed E-state index contributed by atoms with van der Waals surface area (Å²) in [4.78, 5) is 0. The molecule has 20 heavy (non-hydrogen) atoms. The number of benzene rings is 2. The molecule has 1 atom stereocenters. The van der Waals surface area contributed by atoms with E-state index in [1.54, 1.807) is 41.8 Å². The third-order valence-electron chi connectivity index (χ3n) is 2.60. The van der Waals surface area contributed by atoms with Crippen LogP contribution < -0.4 is 0 Å². The average molecular weight is 329 g/mol. The molecule has 0 N–H and O–H groups in total. The standard InChI is InChI=1S/C15H11Cl2FOS/c16-13-4-3-12(15(17)9-13)10-20(19)8-7-11-1-5-14(18)6-2-11/h1-9H,10H2/b8-7+. The van der Waals surface area contributed by atoms with E-state index in [2.05, 4.69) is 0 Å². The Morgan fingerprint density at radius 1 is 1.10 bits per heavy atom. The molecule has 0 saturated heterocycles. The first-order valence-corrected chi connectivity index (χ1v) is 7.93. The zero-order valence-corrected chi connectivity index (χ0v) is 12.7. The highest BCUT2D eigenvalue weighted by molar-refractivity contribution is 7.87. The summed E-state index contributed by atoms with van der Waals surface area (Å²) in [6.45, 7) is 0. The molecule has 0 saturated carbocycles. The van der Waals surface area contributed by atoms with Crippen LogP contribution in [0.1, 0.15) is 11.1 Å². The van der Waals surface area contributed by atoms with E-state index < -0.39 is 10.8 Å². The van der Waals surface area contributed by atoms with Crippen molar-refractivity contribution in [1.82, 2.24) is 0 Å². The van der Waals surface area contributed by atoms with Crippen LogP contribution in [0.15, 0.2) is 47.9 Å². The van der Waals surface area contributed by atoms with E-state index in [0.29, 0.717) is 15.8 Å². The van der Waals surface area contributed by atoms with Crippen LogP contribution in [0.3, 0.4) is 0 Å². The van der Waals surface area contributed by atoms with Crippen molar-refractivity contribution in [2.24, 2.45) is 0 Å². The zero-order chi connectivity index (χ0) is 14.5. The molecular formula is C15H11Cl2FOS. The van der Waals surface area contributed by atoms with Gasteiger partial charge in [0, 0.05) is 15.5 Å². The molecule has 0 aliphatic heterocycles. The van der Waals surface area contributed by atoms with Crippen molar-refractivity contribution < 1.29 is 8.60 Å². The van der Waals surface area contributed by atoms with Gasteiger partial charge in [-0.3, -0.25) is 4.21 Å². The van der Waals surface area contributed by atoms with E-state index in [1.165, 1.54) is 12.1 Å². The van der Waals surface area contributed by atoms with Crippen LogP contribution in [0.25, 0.3) is 6.08 Å². The molecule has 5 heteroatoms. The van der Waals surface area contributed by atoms with E-state index in [9.17, 15) is 8.60 Å². The maximum atomic E-state index is 12.7. The van der Waals surface area contributed by atoms with Gasteiger partial charge in [0.15, 0.2) is 0 Å². The highest BCUT2D eigenvalue weighted by atomic mass is 35.5. The first-order chi connectivity index (χ1) is 9.54. The Morgan fingerprint density at radius 2 is 1.80 bits per heavy atom. The lowest BCUT2D eigenvalue weighted by atomic mass is 10.2. The SMILES string of the molecule is O=S(/C=C/c1ccc(F)cc1)Cc1ccc(Cl)cc1Cl. The minimum atomic E-state index is -1.20. The summed E-state index contributed by atoms with van der Waals surface area (Å²) in [5, 5.41) is 2.62.